The van der Waals surface area contributed by atoms with Crippen molar-refractivity contribution in [1.29, 1.82) is 0 Å². The second kappa shape index (κ2) is 10.5. The van der Waals surface area contributed by atoms with Gasteiger partial charge in [-0.05, 0) is 87.0 Å². The Morgan fingerprint density at radius 3 is 2.55 bits per heavy atom. The molecule has 2 aromatic carbocycles. The summed E-state index contributed by atoms with van der Waals surface area (Å²) >= 11 is 0. The second-order valence-corrected chi connectivity index (χ2v) is 9.60. The number of carbonyl (C=O) groups excluding carboxylic acids is 2. The fraction of sp³-hybridized carbons (Fsp3) is 0.481. The van der Waals surface area contributed by atoms with Crippen LogP contribution in [0.1, 0.15) is 47.2 Å². The van der Waals surface area contributed by atoms with E-state index in [4.69, 9.17) is 0 Å². The van der Waals surface area contributed by atoms with E-state index >= 15 is 0 Å². The Hall–Kier alpha value is -2.73. The highest BCUT2D eigenvalue weighted by atomic mass is 19.1. The summed E-state index contributed by atoms with van der Waals surface area (Å²) in [6.45, 7) is 7.94. The molecule has 4 rings (SSSR count). The van der Waals surface area contributed by atoms with Gasteiger partial charge in [0.05, 0.1) is 6.54 Å². The first-order chi connectivity index (χ1) is 15.9. The van der Waals surface area contributed by atoms with Crippen LogP contribution in [0.2, 0.25) is 0 Å². The van der Waals surface area contributed by atoms with E-state index in [2.05, 4.69) is 46.3 Å². The highest BCUT2D eigenvalue weighted by Gasteiger charge is 2.31. The molecular weight excluding hydrogens is 417 g/mol. The van der Waals surface area contributed by atoms with Crippen LogP contribution in [0, 0.1) is 25.6 Å². The van der Waals surface area contributed by atoms with Crippen molar-refractivity contribution < 1.29 is 14.0 Å². The van der Waals surface area contributed by atoms with Crippen molar-refractivity contribution in [3.05, 3.63) is 65.0 Å². The molecule has 2 fully saturated rings. The SMILES string of the molecule is Cc1cccc(N2CCC(N3CC[C@@H](CC(=O)CNC(=O)c4ccc(F)c(C)c4)C3)CC2)c1. The molecule has 1 N–H and O–H groups in total. The summed E-state index contributed by atoms with van der Waals surface area (Å²) in [6.07, 6.45) is 3.85. The van der Waals surface area contributed by atoms with Crippen LogP contribution in [-0.4, -0.2) is 55.4 Å². The number of aryl methyl sites for hydroxylation is 2. The normalized spacial score (nSPS) is 19.6. The van der Waals surface area contributed by atoms with Crippen LogP contribution in [0.15, 0.2) is 42.5 Å². The van der Waals surface area contributed by atoms with Gasteiger partial charge in [0.1, 0.15) is 5.82 Å². The van der Waals surface area contributed by atoms with Crippen molar-refractivity contribution in [2.45, 2.75) is 45.6 Å². The minimum Gasteiger partial charge on any atom is -0.371 e. The minimum atomic E-state index is -0.339. The molecule has 2 saturated heterocycles. The van der Waals surface area contributed by atoms with Gasteiger partial charge in [-0.25, -0.2) is 4.39 Å². The van der Waals surface area contributed by atoms with Crippen LogP contribution in [0.3, 0.4) is 0 Å². The Bertz CT molecular complexity index is 1000. The highest BCUT2D eigenvalue weighted by molar-refractivity contribution is 5.96. The highest BCUT2D eigenvalue weighted by Crippen LogP contribution is 2.28. The van der Waals surface area contributed by atoms with Crippen molar-refractivity contribution in [1.82, 2.24) is 10.2 Å². The molecule has 33 heavy (non-hydrogen) atoms. The zero-order valence-corrected chi connectivity index (χ0v) is 19.6. The maximum atomic E-state index is 13.4. The number of hydrogen-bond acceptors (Lipinski definition) is 4. The molecule has 0 bridgehead atoms. The Labute approximate surface area is 196 Å². The first kappa shape index (κ1) is 23.4. The lowest BCUT2D eigenvalue weighted by molar-refractivity contribution is -0.119. The summed E-state index contributed by atoms with van der Waals surface area (Å²) in [4.78, 5) is 29.8. The third kappa shape index (κ3) is 5.99. The number of piperidine rings is 1. The third-order valence-electron chi connectivity index (χ3n) is 7.05. The van der Waals surface area contributed by atoms with E-state index in [-0.39, 0.29) is 24.1 Å². The van der Waals surface area contributed by atoms with Crippen molar-refractivity contribution in [3.63, 3.8) is 0 Å². The summed E-state index contributed by atoms with van der Waals surface area (Å²) < 4.78 is 13.4. The van der Waals surface area contributed by atoms with E-state index in [1.165, 1.54) is 29.4 Å². The van der Waals surface area contributed by atoms with E-state index in [0.29, 0.717) is 29.5 Å². The van der Waals surface area contributed by atoms with Gasteiger partial charge < -0.3 is 10.2 Å². The van der Waals surface area contributed by atoms with Crippen molar-refractivity contribution in [3.8, 4) is 0 Å². The Morgan fingerprint density at radius 2 is 1.82 bits per heavy atom. The average molecular weight is 452 g/mol. The zero-order chi connectivity index (χ0) is 23.4. The first-order valence-corrected chi connectivity index (χ1v) is 12.0. The van der Waals surface area contributed by atoms with Gasteiger partial charge in [0, 0.05) is 43.3 Å². The number of halogens is 1. The number of likely N-dealkylation sites (tertiary alicyclic amines) is 1. The fourth-order valence-corrected chi connectivity index (χ4v) is 5.14. The molecule has 1 amide bonds. The van der Waals surface area contributed by atoms with Crippen LogP contribution >= 0.6 is 0 Å². The molecule has 2 heterocycles. The number of carbonyl (C=O) groups is 2. The predicted octanol–water partition coefficient (Wildman–Crippen LogP) is 4.12. The number of nitrogens with one attached hydrogen (secondary N) is 1. The lowest BCUT2D eigenvalue weighted by Gasteiger charge is -2.38. The van der Waals surface area contributed by atoms with E-state index in [0.717, 1.165) is 45.4 Å². The molecule has 0 aromatic heterocycles. The number of rotatable bonds is 7. The number of amides is 1. The Morgan fingerprint density at radius 1 is 1.03 bits per heavy atom. The number of ketones is 1. The van der Waals surface area contributed by atoms with Gasteiger partial charge in [0.25, 0.3) is 5.91 Å². The lowest BCUT2D eigenvalue weighted by Crippen LogP contribution is -2.44. The standard InChI is InChI=1S/C27H34FN3O2/c1-19-4-3-5-24(14-19)30-12-9-23(10-13-30)31-11-8-21(18-31)16-25(32)17-29-27(33)22-6-7-26(28)20(2)15-22/h3-7,14-15,21,23H,8-13,16-18H2,1-2H3,(H,29,33)/t21-/m0/s1. The van der Waals surface area contributed by atoms with Gasteiger partial charge in [-0.15, -0.1) is 0 Å². The van der Waals surface area contributed by atoms with Crippen molar-refractivity contribution in [2.24, 2.45) is 5.92 Å². The average Bonchev–Trinajstić information content (AvgIpc) is 3.28. The van der Waals surface area contributed by atoms with E-state index < -0.39 is 0 Å². The molecule has 0 saturated carbocycles. The number of nitrogens with zero attached hydrogens (tertiary/aromatic N) is 2. The first-order valence-electron chi connectivity index (χ1n) is 12.0. The topological polar surface area (TPSA) is 52.6 Å². The molecule has 2 aromatic rings. The Balaban J connectivity index is 1.19. The van der Waals surface area contributed by atoms with E-state index in [1.54, 1.807) is 6.92 Å². The molecule has 1 atom stereocenters. The quantitative estimate of drug-likeness (QED) is 0.688. The molecule has 0 aliphatic carbocycles. The van der Waals surface area contributed by atoms with E-state index in [1.807, 2.05) is 0 Å². The van der Waals surface area contributed by atoms with Gasteiger partial charge in [-0.1, -0.05) is 12.1 Å². The van der Waals surface area contributed by atoms with Gasteiger partial charge >= 0.3 is 0 Å². The van der Waals surface area contributed by atoms with Crippen molar-refractivity contribution >= 4 is 17.4 Å². The summed E-state index contributed by atoms with van der Waals surface area (Å²) in [5, 5.41) is 2.69. The van der Waals surface area contributed by atoms with Crippen LogP contribution in [0.4, 0.5) is 10.1 Å². The summed E-state index contributed by atoms with van der Waals surface area (Å²) in [5.41, 5.74) is 3.41. The van der Waals surface area contributed by atoms with Crippen LogP contribution in [0.5, 0.6) is 0 Å². The lowest BCUT2D eigenvalue weighted by atomic mass is 10.0. The molecule has 0 unspecified atom stereocenters. The van der Waals surface area contributed by atoms with E-state index in [9.17, 15) is 14.0 Å². The predicted molar refractivity (Wildman–Crippen MR) is 129 cm³/mol. The second-order valence-electron chi connectivity index (χ2n) is 9.60. The molecule has 6 heteroatoms. The fourth-order valence-electron chi connectivity index (χ4n) is 5.14. The molecule has 0 radical (unpaired) electrons. The molecule has 176 valence electrons. The number of anilines is 1. The smallest absolute Gasteiger partial charge is 0.251 e. The van der Waals surface area contributed by atoms with Gasteiger partial charge in [0.2, 0.25) is 0 Å². The Kier molecular flexibility index (Phi) is 7.43. The summed E-state index contributed by atoms with van der Waals surface area (Å²) in [6, 6.07) is 13.5. The zero-order valence-electron chi connectivity index (χ0n) is 19.6. The van der Waals surface area contributed by atoms with Crippen LogP contribution in [-0.2, 0) is 4.79 Å². The van der Waals surface area contributed by atoms with Gasteiger partial charge in [-0.2, -0.15) is 0 Å². The molecular formula is C27H34FN3O2. The number of hydrogen-bond donors (Lipinski definition) is 1. The number of Topliss-reactive ketones (excluding diaryl/α,β-unsaturated/α-hetero) is 1. The molecule has 5 nitrogen and oxygen atoms in total. The molecule has 2 aliphatic heterocycles. The third-order valence-corrected chi connectivity index (χ3v) is 7.05. The van der Waals surface area contributed by atoms with Crippen molar-refractivity contribution in [2.75, 3.05) is 37.6 Å². The number of benzene rings is 2. The van der Waals surface area contributed by atoms with Gasteiger partial charge in [0.15, 0.2) is 5.78 Å². The van der Waals surface area contributed by atoms with Gasteiger partial charge in [-0.3, -0.25) is 14.5 Å². The molecule has 2 aliphatic rings. The maximum Gasteiger partial charge on any atom is 0.251 e. The largest absolute Gasteiger partial charge is 0.371 e. The summed E-state index contributed by atoms with van der Waals surface area (Å²) in [5.74, 6) is -0.255. The molecule has 0 spiro atoms. The summed E-state index contributed by atoms with van der Waals surface area (Å²) in [7, 11) is 0. The van der Waals surface area contributed by atoms with Crippen LogP contribution < -0.4 is 10.2 Å². The van der Waals surface area contributed by atoms with Crippen LogP contribution in [0.25, 0.3) is 0 Å². The minimum absolute atomic E-state index is 0.0284. The monoisotopic (exact) mass is 451 g/mol. The maximum absolute atomic E-state index is 13.4.